The highest BCUT2D eigenvalue weighted by Gasteiger charge is 2.28. The Hall–Kier alpha value is -17.8. The summed E-state index contributed by atoms with van der Waals surface area (Å²) < 4.78 is 19.0. The monoisotopic (exact) mass is 1710 g/mol. The van der Waals surface area contributed by atoms with E-state index in [9.17, 15) is 0 Å². The molecule has 0 saturated heterocycles. The molecule has 4 heterocycles. The average Bonchev–Trinajstić information content (AvgIpc) is 1.52. The molecular formula is C128H82N4O2. The van der Waals surface area contributed by atoms with E-state index < -0.39 is 0 Å². The number of para-hydroxylation sites is 12. The molecule has 0 atom stereocenters. The van der Waals surface area contributed by atoms with Gasteiger partial charge in [0, 0.05) is 99.1 Å². The number of fused-ring (bicyclic) bond motifs is 14. The van der Waals surface area contributed by atoms with Gasteiger partial charge >= 0.3 is 0 Å². The van der Waals surface area contributed by atoms with E-state index in [0.29, 0.717) is 0 Å². The molecular weight excluding hydrogens is 1630 g/mol. The summed E-state index contributed by atoms with van der Waals surface area (Å²) >= 11 is 0. The summed E-state index contributed by atoms with van der Waals surface area (Å²) in [4.78, 5) is 4.86. The standard InChI is InChI=1S/C128H82N4O2/c1-2-28-90-79-92(66-61-83(90)27-1)91-29-23-31-98(81-91)129(96-73-67-86(68-74-96)84-57-62-88(63-58-84)100-32-3-13-47-116(100)131-121-52-18-6-35-104(121)105-36-7-19-53-122(105)131)118-49-15-10-39-108(118)112-43-26-46-115-111-78-72-94(82-126(111)134-128(112)115)93-71-77-99-95(80-93)30-24-42-102(99)103-34-5-16-50-119(103)130(120-51-17-11-40-109(120)113-44-25-45-114-110-41-12-22-56-125(110)133-127(113)114)97-75-69-87(70-76-97)85-59-64-89(65-60-85)101-33-4-14-48-117(101)132-123-54-20-8-37-106(123)107-38-9-21-55-124(107)132/h1-82H. The molecule has 0 amide bonds. The van der Waals surface area contributed by atoms with Gasteiger partial charge in [-0.25, -0.2) is 0 Å². The fourth-order valence-electron chi connectivity index (χ4n) is 21.0. The van der Waals surface area contributed by atoms with Crippen molar-refractivity contribution in [3.05, 3.63) is 497 Å². The number of nitrogens with zero attached hydrogens (tertiary/aromatic N) is 4. The molecule has 134 heavy (non-hydrogen) atoms. The van der Waals surface area contributed by atoms with Gasteiger partial charge in [0.15, 0.2) is 0 Å². The Morgan fingerprint density at radius 3 is 1.02 bits per heavy atom. The third kappa shape index (κ3) is 13.1. The molecule has 626 valence electrons. The maximum absolute atomic E-state index is 7.32. The van der Waals surface area contributed by atoms with Crippen LogP contribution in [-0.4, -0.2) is 9.13 Å². The van der Waals surface area contributed by atoms with Gasteiger partial charge in [0.25, 0.3) is 0 Å². The SMILES string of the molecule is c1cc(-c2ccc3ccccc3c2)cc(N(c2ccc(-c3ccc(-c4ccccc4-n4c5ccccc5c5ccccc54)cc3)cc2)c2ccccc2-c2cccc3c2oc2cc(-c4ccc5c(-c6ccccc6N(c6ccc(-c7ccc(-c8ccccc8-n8c9ccccc9c9ccccc98)cc7)cc6)c6ccccc6-c6cccc7c6oc6ccccc67)cccc5c4)ccc23)c1. The molecule has 0 aliphatic carbocycles. The van der Waals surface area contributed by atoms with Gasteiger partial charge in [0.05, 0.1) is 50.5 Å². The van der Waals surface area contributed by atoms with Gasteiger partial charge < -0.3 is 27.8 Å². The summed E-state index contributed by atoms with van der Waals surface area (Å²) in [7, 11) is 0. The van der Waals surface area contributed by atoms with Crippen LogP contribution in [0.15, 0.2) is 506 Å². The van der Waals surface area contributed by atoms with Crippen molar-refractivity contribution in [1.82, 2.24) is 9.13 Å². The van der Waals surface area contributed by atoms with Gasteiger partial charge in [-0.1, -0.05) is 376 Å². The van der Waals surface area contributed by atoms with E-state index in [1.165, 1.54) is 65.5 Å². The normalized spacial score (nSPS) is 11.7. The number of rotatable bonds is 17. The van der Waals surface area contributed by atoms with Crippen molar-refractivity contribution in [2.45, 2.75) is 0 Å². The lowest BCUT2D eigenvalue weighted by atomic mass is 9.93. The van der Waals surface area contributed by atoms with Crippen LogP contribution in [0.2, 0.25) is 0 Å². The highest BCUT2D eigenvalue weighted by molar-refractivity contribution is 6.16. The second kappa shape index (κ2) is 32.1. The van der Waals surface area contributed by atoms with E-state index >= 15 is 0 Å². The van der Waals surface area contributed by atoms with E-state index in [-0.39, 0.29) is 0 Å². The zero-order valence-electron chi connectivity index (χ0n) is 72.9. The van der Waals surface area contributed by atoms with Crippen molar-refractivity contribution < 1.29 is 8.83 Å². The van der Waals surface area contributed by atoms with Crippen LogP contribution < -0.4 is 9.80 Å². The highest BCUT2D eigenvalue weighted by Crippen LogP contribution is 2.52. The Labute approximate surface area is 774 Å². The van der Waals surface area contributed by atoms with Crippen LogP contribution in [0.1, 0.15) is 0 Å². The van der Waals surface area contributed by atoms with E-state index in [2.05, 4.69) is 510 Å². The van der Waals surface area contributed by atoms with Gasteiger partial charge in [0.2, 0.25) is 0 Å². The topological polar surface area (TPSA) is 42.6 Å². The number of furan rings is 2. The second-order valence-corrected chi connectivity index (χ2v) is 34.9. The smallest absolute Gasteiger partial charge is 0.143 e. The number of hydrogen-bond acceptors (Lipinski definition) is 4. The van der Waals surface area contributed by atoms with E-state index in [1.54, 1.807) is 0 Å². The van der Waals surface area contributed by atoms with Gasteiger partial charge in [-0.3, -0.25) is 0 Å². The Morgan fingerprint density at radius 1 is 0.157 bits per heavy atom. The molecule has 26 aromatic rings. The molecule has 0 bridgehead atoms. The van der Waals surface area contributed by atoms with Crippen LogP contribution in [0, 0.1) is 0 Å². The Morgan fingerprint density at radius 2 is 0.485 bits per heavy atom. The minimum Gasteiger partial charge on any atom is -0.455 e. The third-order valence-electron chi connectivity index (χ3n) is 27.4. The van der Waals surface area contributed by atoms with Crippen LogP contribution >= 0.6 is 0 Å². The quantitative estimate of drug-likeness (QED) is 0.0911. The first-order chi connectivity index (χ1) is 66.5. The van der Waals surface area contributed by atoms with Crippen LogP contribution in [0.25, 0.3) is 221 Å². The summed E-state index contributed by atoms with van der Waals surface area (Å²) in [6, 6.07) is 181. The maximum atomic E-state index is 7.32. The summed E-state index contributed by atoms with van der Waals surface area (Å²) in [5, 5.41) is 13.9. The number of benzene rings is 22. The molecule has 22 aromatic carbocycles. The predicted molar refractivity (Wildman–Crippen MR) is 563 cm³/mol. The molecule has 0 fully saturated rings. The van der Waals surface area contributed by atoms with Gasteiger partial charge in [-0.15, -0.1) is 0 Å². The largest absolute Gasteiger partial charge is 0.455 e. The fraction of sp³-hybridized carbons (Fsp3) is 0. The first-order valence-corrected chi connectivity index (χ1v) is 45.9. The van der Waals surface area contributed by atoms with Gasteiger partial charge in [-0.05, 0) is 204 Å². The van der Waals surface area contributed by atoms with Crippen molar-refractivity contribution in [2.24, 2.45) is 0 Å². The molecule has 26 rings (SSSR count). The second-order valence-electron chi connectivity index (χ2n) is 34.9. The molecule has 0 N–H and O–H groups in total. The first kappa shape index (κ1) is 77.3. The summed E-state index contributed by atoms with van der Waals surface area (Å²) in [6.45, 7) is 0. The first-order valence-electron chi connectivity index (χ1n) is 45.9. The summed E-state index contributed by atoms with van der Waals surface area (Å²) in [5.74, 6) is 0. The van der Waals surface area contributed by atoms with Crippen LogP contribution in [0.5, 0.6) is 0 Å². The zero-order chi connectivity index (χ0) is 88.3. The average molecular weight is 1710 g/mol. The van der Waals surface area contributed by atoms with Crippen LogP contribution in [0.3, 0.4) is 0 Å². The molecule has 0 aliphatic heterocycles. The Balaban J connectivity index is 0.540. The lowest BCUT2D eigenvalue weighted by Crippen LogP contribution is -2.12. The Kier molecular flexibility index (Phi) is 18.5. The molecule has 0 aliphatic rings. The van der Waals surface area contributed by atoms with Crippen molar-refractivity contribution in [3.63, 3.8) is 0 Å². The zero-order valence-corrected chi connectivity index (χ0v) is 72.9. The predicted octanol–water partition coefficient (Wildman–Crippen LogP) is 35.9. The molecule has 0 radical (unpaired) electrons. The van der Waals surface area contributed by atoms with Crippen LogP contribution in [-0.2, 0) is 0 Å². The van der Waals surface area contributed by atoms with Gasteiger partial charge in [-0.2, -0.15) is 0 Å². The van der Waals surface area contributed by atoms with Crippen LogP contribution in [0.4, 0.5) is 34.1 Å². The summed E-state index contributed by atoms with van der Waals surface area (Å²) in [6.07, 6.45) is 0. The van der Waals surface area contributed by atoms with Crippen molar-refractivity contribution in [1.29, 1.82) is 0 Å². The third-order valence-corrected chi connectivity index (χ3v) is 27.4. The lowest BCUT2D eigenvalue weighted by molar-refractivity contribution is 0.669. The molecule has 0 spiro atoms. The summed E-state index contributed by atoms with van der Waals surface area (Å²) in [5.41, 5.74) is 36.4. The molecule has 4 aromatic heterocycles. The number of aromatic nitrogens is 2. The minimum atomic E-state index is 0.817. The van der Waals surface area contributed by atoms with E-state index in [0.717, 1.165) is 189 Å². The number of hydrogen-bond donors (Lipinski definition) is 0. The highest BCUT2D eigenvalue weighted by atomic mass is 16.3. The van der Waals surface area contributed by atoms with Crippen molar-refractivity contribution in [3.8, 4) is 112 Å². The minimum absolute atomic E-state index is 0.817. The van der Waals surface area contributed by atoms with Crippen molar-refractivity contribution in [2.75, 3.05) is 9.80 Å². The maximum Gasteiger partial charge on any atom is 0.143 e. The lowest BCUT2D eigenvalue weighted by Gasteiger charge is -2.30. The molecule has 6 heteroatoms. The number of anilines is 6. The molecule has 0 saturated carbocycles. The molecule has 6 nitrogen and oxygen atoms in total. The fourth-order valence-corrected chi connectivity index (χ4v) is 21.0. The van der Waals surface area contributed by atoms with Crippen molar-refractivity contribution >= 4 is 143 Å². The molecule has 0 unspecified atom stereocenters. The van der Waals surface area contributed by atoms with E-state index in [1.807, 2.05) is 6.07 Å². The van der Waals surface area contributed by atoms with Gasteiger partial charge in [0.1, 0.15) is 22.3 Å². The van der Waals surface area contributed by atoms with E-state index in [4.69, 9.17) is 8.83 Å². The Bertz CT molecular complexity index is 9040.